The Balaban J connectivity index is 0.000000143. The van der Waals surface area contributed by atoms with E-state index in [0.717, 1.165) is 22.2 Å². The van der Waals surface area contributed by atoms with Gasteiger partial charge in [0, 0.05) is 52.5 Å². The molecule has 6 aromatic heterocycles. The molecule has 0 saturated carbocycles. The van der Waals surface area contributed by atoms with E-state index in [0.29, 0.717) is 23.7 Å². The van der Waals surface area contributed by atoms with Gasteiger partial charge in [0.1, 0.15) is 0 Å². The van der Waals surface area contributed by atoms with E-state index in [4.69, 9.17) is 0 Å². The largest absolute Gasteiger partial charge is 0.264 e. The number of fused-ring (bicyclic) bond motifs is 3. The first-order chi connectivity index (χ1) is 22.7. The van der Waals surface area contributed by atoms with Gasteiger partial charge in [-0.3, -0.25) is 4.98 Å². The van der Waals surface area contributed by atoms with E-state index >= 15 is 0 Å². The van der Waals surface area contributed by atoms with E-state index in [-0.39, 0.29) is 0 Å². The predicted octanol–water partition coefficient (Wildman–Crippen LogP) is 8.96. The van der Waals surface area contributed by atoms with Crippen molar-refractivity contribution in [3.8, 4) is 0 Å². The van der Waals surface area contributed by atoms with Crippen LogP contribution in [0.15, 0.2) is 104 Å². The smallest absolute Gasteiger partial charge is 0.0735 e. The van der Waals surface area contributed by atoms with E-state index in [1.165, 1.54) is 27.4 Å². The van der Waals surface area contributed by atoms with Crippen LogP contribution in [0.25, 0.3) is 27.1 Å². The zero-order chi connectivity index (χ0) is 33.8. The van der Waals surface area contributed by atoms with Crippen LogP contribution in [-0.4, -0.2) is 45.2 Å². The zero-order valence-electron chi connectivity index (χ0n) is 28.6. The second-order valence-corrected chi connectivity index (χ2v) is 12.4. The van der Waals surface area contributed by atoms with Crippen LogP contribution in [0.3, 0.4) is 0 Å². The lowest BCUT2D eigenvalue weighted by Gasteiger charge is -2.06. The normalized spacial score (nSPS) is 10.9. The van der Waals surface area contributed by atoms with E-state index in [9.17, 15) is 0 Å². The summed E-state index contributed by atoms with van der Waals surface area (Å²) in [6.07, 6.45) is 14.5. The minimum atomic E-state index is 0.401. The Bertz CT molecular complexity index is 1870. The topological polar surface area (TPSA) is 108 Å². The first-order valence-electron chi connectivity index (χ1n) is 16.1. The van der Waals surface area contributed by atoms with Gasteiger partial charge in [0.2, 0.25) is 0 Å². The molecular formula is C38H45N9. The summed E-state index contributed by atoms with van der Waals surface area (Å²) in [7, 11) is 0. The number of aromatic nitrogens is 9. The summed E-state index contributed by atoms with van der Waals surface area (Å²) in [6.45, 7) is 17.2. The number of pyridine rings is 1. The first kappa shape index (κ1) is 34.7. The van der Waals surface area contributed by atoms with Crippen molar-refractivity contribution in [1.82, 2.24) is 45.2 Å². The molecule has 0 N–H and O–H groups in total. The lowest BCUT2D eigenvalue weighted by molar-refractivity contribution is 0.798. The Morgan fingerprint density at radius 3 is 1.81 bits per heavy atom. The quantitative estimate of drug-likeness (QED) is 0.190. The maximum Gasteiger partial charge on any atom is 0.0735 e. The average molecular weight is 628 g/mol. The molecule has 0 bridgehead atoms. The van der Waals surface area contributed by atoms with Gasteiger partial charge in [-0.25, -0.2) is 4.52 Å². The van der Waals surface area contributed by atoms with Crippen LogP contribution in [0.4, 0.5) is 0 Å². The minimum Gasteiger partial charge on any atom is -0.264 e. The molecule has 7 rings (SSSR count). The van der Waals surface area contributed by atoms with Crippen LogP contribution < -0.4 is 0 Å². The minimum absolute atomic E-state index is 0.401. The molecule has 9 heteroatoms. The fraction of sp³-hybridized carbons (Fsp3) is 0.316. The van der Waals surface area contributed by atoms with Crippen LogP contribution in [0.2, 0.25) is 0 Å². The Morgan fingerprint density at radius 1 is 0.511 bits per heavy atom. The summed E-state index contributed by atoms with van der Waals surface area (Å²) in [5.74, 6) is 1.95. The molecule has 242 valence electrons. The molecule has 6 heterocycles. The molecule has 0 aliphatic heterocycles. The Kier molecular flexibility index (Phi) is 12.5. The molecule has 0 saturated heterocycles. The van der Waals surface area contributed by atoms with Crippen molar-refractivity contribution < 1.29 is 0 Å². The molecule has 0 unspecified atom stereocenters. The fourth-order valence-corrected chi connectivity index (χ4v) is 4.96. The third-order valence-electron chi connectivity index (χ3n) is 7.55. The molecule has 0 radical (unpaired) electrons. The highest BCUT2D eigenvalue weighted by atomic mass is 15.2. The van der Waals surface area contributed by atoms with Crippen molar-refractivity contribution in [2.24, 2.45) is 0 Å². The molecule has 0 atom stereocenters. The van der Waals surface area contributed by atoms with Gasteiger partial charge in [-0.2, -0.15) is 35.7 Å². The highest BCUT2D eigenvalue weighted by Gasteiger charge is 2.07. The van der Waals surface area contributed by atoms with Gasteiger partial charge in [0.05, 0.1) is 35.5 Å². The Morgan fingerprint density at radius 2 is 1.19 bits per heavy atom. The summed E-state index contributed by atoms with van der Waals surface area (Å²) in [4.78, 5) is 4.05. The third-order valence-corrected chi connectivity index (χ3v) is 7.55. The third kappa shape index (κ3) is 9.42. The molecule has 0 aliphatic carbocycles. The van der Waals surface area contributed by atoms with Crippen LogP contribution >= 0.6 is 0 Å². The summed E-state index contributed by atoms with van der Waals surface area (Å²) in [6, 6.07) is 18.4. The fourth-order valence-electron chi connectivity index (χ4n) is 4.96. The van der Waals surface area contributed by atoms with Gasteiger partial charge in [0.25, 0.3) is 0 Å². The van der Waals surface area contributed by atoms with E-state index in [1.54, 1.807) is 31.0 Å². The molecule has 0 spiro atoms. The Labute approximate surface area is 277 Å². The van der Waals surface area contributed by atoms with Gasteiger partial charge in [-0.1, -0.05) is 79.7 Å². The average Bonchev–Trinajstić information content (AvgIpc) is 3.58. The van der Waals surface area contributed by atoms with Gasteiger partial charge in [-0.05, 0) is 65.1 Å². The number of nitrogens with zero attached hydrogens (tertiary/aromatic N) is 9. The van der Waals surface area contributed by atoms with Gasteiger partial charge >= 0.3 is 0 Å². The van der Waals surface area contributed by atoms with E-state index in [2.05, 4.69) is 120 Å². The lowest BCUT2D eigenvalue weighted by Crippen LogP contribution is -1.96. The summed E-state index contributed by atoms with van der Waals surface area (Å²) < 4.78 is 1.91. The number of benzene rings is 1. The maximum absolute atomic E-state index is 4.20. The lowest BCUT2D eigenvalue weighted by atomic mass is 10.0. The molecule has 9 nitrogen and oxygen atoms in total. The van der Waals surface area contributed by atoms with E-state index < -0.39 is 0 Å². The van der Waals surface area contributed by atoms with Crippen molar-refractivity contribution in [1.29, 1.82) is 0 Å². The molecule has 0 fully saturated rings. The molecule has 7 aromatic rings. The van der Waals surface area contributed by atoms with Crippen LogP contribution in [-0.2, 0) is 0 Å². The monoisotopic (exact) mass is 627 g/mol. The number of hydrogen-bond acceptors (Lipinski definition) is 8. The Hall–Kier alpha value is -5.18. The van der Waals surface area contributed by atoms with Crippen LogP contribution in [0, 0.1) is 0 Å². The van der Waals surface area contributed by atoms with Crippen molar-refractivity contribution in [3.63, 3.8) is 0 Å². The summed E-state index contributed by atoms with van der Waals surface area (Å²) in [5, 5.41) is 32.4. The summed E-state index contributed by atoms with van der Waals surface area (Å²) >= 11 is 0. The van der Waals surface area contributed by atoms with Crippen molar-refractivity contribution in [2.75, 3.05) is 0 Å². The highest BCUT2D eigenvalue weighted by Crippen LogP contribution is 2.22. The molecule has 0 amide bonds. The molecular weight excluding hydrogens is 582 g/mol. The highest BCUT2D eigenvalue weighted by molar-refractivity contribution is 5.84. The van der Waals surface area contributed by atoms with Crippen LogP contribution in [0.1, 0.15) is 102 Å². The SMILES string of the molecule is CC(C)c1ccnn2cccc12.CC(C)c1ccnnc1.CC(C)c1nncc2ccccc12.CC(C)c1nncc2cnccc12. The standard InChI is InChI=1S/C11H12N2.C10H11N3.C10H12N2.C7H10N2/c1-8(2)11-10-6-4-3-5-9(10)7-12-13-11;1-7(2)10-9-3-4-11-5-8(9)6-12-13-10;1-8(2)9-5-6-11-12-7-3-4-10(9)12;1-6(2)7-3-4-8-9-5-7/h3-8H,1-2H3;3-7H,1-2H3;3-8H,1-2H3;3-6H,1-2H3. The predicted molar refractivity (Wildman–Crippen MR) is 190 cm³/mol. The van der Waals surface area contributed by atoms with Gasteiger partial charge in [0.15, 0.2) is 0 Å². The van der Waals surface area contributed by atoms with Gasteiger partial charge < -0.3 is 0 Å². The second kappa shape index (κ2) is 16.9. The summed E-state index contributed by atoms with van der Waals surface area (Å²) in [5.41, 5.74) is 5.94. The van der Waals surface area contributed by atoms with Crippen molar-refractivity contribution >= 4 is 27.1 Å². The van der Waals surface area contributed by atoms with Crippen molar-refractivity contribution in [3.05, 3.63) is 127 Å². The second-order valence-electron chi connectivity index (χ2n) is 12.4. The van der Waals surface area contributed by atoms with Crippen LogP contribution in [0.5, 0.6) is 0 Å². The van der Waals surface area contributed by atoms with Gasteiger partial charge in [-0.15, -0.1) is 0 Å². The first-order valence-corrected chi connectivity index (χ1v) is 16.1. The molecule has 47 heavy (non-hydrogen) atoms. The van der Waals surface area contributed by atoms with Crippen molar-refractivity contribution in [2.45, 2.75) is 79.1 Å². The maximum atomic E-state index is 4.20. The number of rotatable bonds is 4. The zero-order valence-corrected chi connectivity index (χ0v) is 28.6. The number of hydrogen-bond donors (Lipinski definition) is 0. The van der Waals surface area contributed by atoms with E-state index in [1.807, 2.05) is 53.4 Å². The molecule has 1 aromatic carbocycles. The molecule has 0 aliphatic rings.